The van der Waals surface area contributed by atoms with Gasteiger partial charge in [-0.25, -0.2) is 9.97 Å². The van der Waals surface area contributed by atoms with Crippen LogP contribution in [0.3, 0.4) is 0 Å². The van der Waals surface area contributed by atoms with Crippen LogP contribution in [0.5, 0.6) is 11.6 Å². The molecule has 0 aliphatic heterocycles. The van der Waals surface area contributed by atoms with Gasteiger partial charge in [-0.3, -0.25) is 4.98 Å². The van der Waals surface area contributed by atoms with E-state index in [2.05, 4.69) is 25.3 Å². The second kappa shape index (κ2) is 6.04. The molecule has 22 heavy (non-hydrogen) atoms. The molecule has 0 bridgehead atoms. The average Bonchev–Trinajstić information content (AvgIpc) is 2.52. The van der Waals surface area contributed by atoms with Crippen LogP contribution in [0.25, 0.3) is 0 Å². The molecule has 0 unspecified atom stereocenters. The zero-order valence-corrected chi connectivity index (χ0v) is 11.9. The Morgan fingerprint density at radius 3 is 2.82 bits per heavy atom. The SMILES string of the molecule is Cc1cccc(Nc2ncnc(Oc3cccnc3)c2N)n1. The fourth-order valence-corrected chi connectivity index (χ4v) is 1.81. The van der Waals surface area contributed by atoms with E-state index in [4.69, 9.17) is 10.5 Å². The van der Waals surface area contributed by atoms with Gasteiger partial charge >= 0.3 is 0 Å². The van der Waals surface area contributed by atoms with Crippen LogP contribution in [0.4, 0.5) is 17.3 Å². The van der Waals surface area contributed by atoms with Gasteiger partial charge in [0.2, 0.25) is 5.88 Å². The molecule has 0 aliphatic carbocycles. The first-order valence-corrected chi connectivity index (χ1v) is 6.61. The number of rotatable bonds is 4. The average molecular weight is 294 g/mol. The predicted octanol–water partition coefficient (Wildman–Crippen LogP) is 2.69. The smallest absolute Gasteiger partial charge is 0.248 e. The van der Waals surface area contributed by atoms with Crippen LogP contribution in [-0.2, 0) is 0 Å². The third kappa shape index (κ3) is 3.09. The number of hydrogen-bond acceptors (Lipinski definition) is 7. The number of aryl methyl sites for hydroxylation is 1. The molecule has 0 atom stereocenters. The lowest BCUT2D eigenvalue weighted by atomic mass is 10.3. The number of nitrogens with one attached hydrogen (secondary N) is 1. The van der Waals surface area contributed by atoms with E-state index in [1.807, 2.05) is 25.1 Å². The lowest BCUT2D eigenvalue weighted by molar-refractivity contribution is 0.462. The molecule has 3 N–H and O–H groups in total. The zero-order chi connectivity index (χ0) is 15.4. The number of aromatic nitrogens is 4. The summed E-state index contributed by atoms with van der Waals surface area (Å²) in [5, 5.41) is 3.06. The molecule has 7 heteroatoms. The Morgan fingerprint density at radius 2 is 2.05 bits per heavy atom. The van der Waals surface area contributed by atoms with Crippen molar-refractivity contribution in [3.8, 4) is 11.6 Å². The first-order valence-electron chi connectivity index (χ1n) is 6.61. The van der Waals surface area contributed by atoms with E-state index in [1.54, 1.807) is 24.5 Å². The van der Waals surface area contributed by atoms with Crippen molar-refractivity contribution in [3.05, 3.63) is 54.7 Å². The fraction of sp³-hybridized carbons (Fsp3) is 0.0667. The van der Waals surface area contributed by atoms with E-state index < -0.39 is 0 Å². The summed E-state index contributed by atoms with van der Waals surface area (Å²) >= 11 is 0. The minimum absolute atomic E-state index is 0.262. The molecule has 3 rings (SSSR count). The van der Waals surface area contributed by atoms with E-state index in [0.717, 1.165) is 5.69 Å². The number of ether oxygens (including phenoxy) is 1. The van der Waals surface area contributed by atoms with Gasteiger partial charge in [0, 0.05) is 11.9 Å². The molecule has 0 amide bonds. The topological polar surface area (TPSA) is 98.8 Å². The third-order valence-corrected chi connectivity index (χ3v) is 2.83. The zero-order valence-electron chi connectivity index (χ0n) is 11.9. The van der Waals surface area contributed by atoms with Crippen molar-refractivity contribution in [1.29, 1.82) is 0 Å². The second-order valence-corrected chi connectivity index (χ2v) is 4.52. The summed E-state index contributed by atoms with van der Waals surface area (Å²) in [6, 6.07) is 9.17. The van der Waals surface area contributed by atoms with Gasteiger partial charge in [0.25, 0.3) is 0 Å². The van der Waals surface area contributed by atoms with Crippen molar-refractivity contribution >= 4 is 17.3 Å². The molecule has 0 saturated carbocycles. The highest BCUT2D eigenvalue weighted by Gasteiger charge is 2.11. The van der Waals surface area contributed by atoms with Crippen LogP contribution in [-0.4, -0.2) is 19.9 Å². The lowest BCUT2D eigenvalue weighted by Gasteiger charge is -2.11. The van der Waals surface area contributed by atoms with E-state index in [1.165, 1.54) is 6.33 Å². The molecular formula is C15H14N6O. The molecule has 3 aromatic heterocycles. The maximum atomic E-state index is 6.06. The highest BCUT2D eigenvalue weighted by molar-refractivity contribution is 5.71. The normalized spacial score (nSPS) is 10.2. The second-order valence-electron chi connectivity index (χ2n) is 4.52. The molecule has 0 aromatic carbocycles. The van der Waals surface area contributed by atoms with Crippen LogP contribution in [0.2, 0.25) is 0 Å². The Morgan fingerprint density at radius 1 is 1.14 bits per heavy atom. The molecule has 3 aromatic rings. The lowest BCUT2D eigenvalue weighted by Crippen LogP contribution is -2.04. The Balaban J connectivity index is 1.86. The number of nitrogens with two attached hydrogens (primary N) is 1. The van der Waals surface area contributed by atoms with Gasteiger partial charge in [-0.15, -0.1) is 0 Å². The maximum absolute atomic E-state index is 6.06. The highest BCUT2D eigenvalue weighted by Crippen LogP contribution is 2.30. The van der Waals surface area contributed by atoms with Crippen molar-refractivity contribution in [2.24, 2.45) is 0 Å². The van der Waals surface area contributed by atoms with Gasteiger partial charge in [-0.2, -0.15) is 4.98 Å². The van der Waals surface area contributed by atoms with E-state index in [9.17, 15) is 0 Å². The minimum atomic E-state index is 0.262. The van der Waals surface area contributed by atoms with E-state index in [0.29, 0.717) is 23.1 Å². The van der Waals surface area contributed by atoms with Crippen LogP contribution in [0.1, 0.15) is 5.69 Å². The van der Waals surface area contributed by atoms with Crippen LogP contribution in [0, 0.1) is 6.92 Å². The molecule has 0 spiro atoms. The molecule has 0 fully saturated rings. The van der Waals surface area contributed by atoms with Gasteiger partial charge in [0.1, 0.15) is 23.6 Å². The quantitative estimate of drug-likeness (QED) is 0.763. The summed E-state index contributed by atoms with van der Waals surface area (Å²) in [6.07, 6.45) is 4.61. The first-order chi connectivity index (χ1) is 10.7. The molecule has 3 heterocycles. The number of pyridine rings is 2. The number of nitrogen functional groups attached to an aromatic ring is 1. The van der Waals surface area contributed by atoms with Gasteiger partial charge in [0.15, 0.2) is 5.82 Å². The van der Waals surface area contributed by atoms with Gasteiger partial charge in [-0.05, 0) is 31.2 Å². The standard InChI is InChI=1S/C15H14N6O/c1-10-4-2-6-12(20-10)21-14-13(16)15(19-9-18-14)22-11-5-3-7-17-8-11/h2-9H,16H2,1H3,(H,18,19,20,21). The Kier molecular flexibility index (Phi) is 3.78. The maximum Gasteiger partial charge on any atom is 0.248 e. The highest BCUT2D eigenvalue weighted by atomic mass is 16.5. The summed E-state index contributed by atoms with van der Waals surface area (Å²) < 4.78 is 5.61. The van der Waals surface area contributed by atoms with Crippen molar-refractivity contribution in [2.45, 2.75) is 6.92 Å². The van der Waals surface area contributed by atoms with E-state index in [-0.39, 0.29) is 5.88 Å². The summed E-state index contributed by atoms with van der Waals surface area (Å²) in [4.78, 5) is 16.5. The molecule has 110 valence electrons. The number of nitrogens with zero attached hydrogens (tertiary/aromatic N) is 4. The predicted molar refractivity (Wildman–Crippen MR) is 83.0 cm³/mol. The van der Waals surface area contributed by atoms with E-state index >= 15 is 0 Å². The fourth-order valence-electron chi connectivity index (χ4n) is 1.81. The summed E-state index contributed by atoms with van der Waals surface area (Å²) in [6.45, 7) is 1.91. The number of anilines is 3. The van der Waals surface area contributed by atoms with Gasteiger partial charge < -0.3 is 15.8 Å². The number of hydrogen-bond donors (Lipinski definition) is 2. The van der Waals surface area contributed by atoms with Crippen molar-refractivity contribution in [1.82, 2.24) is 19.9 Å². The monoisotopic (exact) mass is 294 g/mol. The molecule has 7 nitrogen and oxygen atoms in total. The minimum Gasteiger partial charge on any atom is -0.435 e. The van der Waals surface area contributed by atoms with Crippen molar-refractivity contribution in [2.75, 3.05) is 11.1 Å². The third-order valence-electron chi connectivity index (χ3n) is 2.83. The van der Waals surface area contributed by atoms with Crippen LogP contribution in [0.15, 0.2) is 49.1 Å². The molecule has 0 radical (unpaired) electrons. The Labute approximate surface area is 127 Å². The summed E-state index contributed by atoms with van der Waals surface area (Å²) in [5.41, 5.74) is 7.25. The van der Waals surface area contributed by atoms with Gasteiger partial charge in [-0.1, -0.05) is 6.07 Å². The van der Waals surface area contributed by atoms with Gasteiger partial charge in [0.05, 0.1) is 6.20 Å². The van der Waals surface area contributed by atoms with Crippen molar-refractivity contribution < 1.29 is 4.74 Å². The molecule has 0 saturated heterocycles. The largest absolute Gasteiger partial charge is 0.435 e. The van der Waals surface area contributed by atoms with Crippen LogP contribution < -0.4 is 15.8 Å². The van der Waals surface area contributed by atoms with Crippen LogP contribution >= 0.6 is 0 Å². The Bertz CT molecular complexity index is 778. The molecular weight excluding hydrogens is 280 g/mol. The van der Waals surface area contributed by atoms with Crippen molar-refractivity contribution in [3.63, 3.8) is 0 Å². The molecule has 0 aliphatic rings. The summed E-state index contributed by atoms with van der Waals surface area (Å²) in [5.74, 6) is 1.90. The Hall–Kier alpha value is -3.22. The summed E-state index contributed by atoms with van der Waals surface area (Å²) in [7, 11) is 0. The first kappa shape index (κ1) is 13.7.